The predicted octanol–water partition coefficient (Wildman–Crippen LogP) is 0.102. The monoisotopic (exact) mass is 186 g/mol. The lowest BCUT2D eigenvalue weighted by molar-refractivity contribution is -0.140. The van der Waals surface area contributed by atoms with Gasteiger partial charge in [-0.05, 0) is 25.7 Å². The molecule has 0 aromatic heterocycles. The molecule has 0 radical (unpaired) electrons. The lowest BCUT2D eigenvalue weighted by atomic mass is 10.1. The van der Waals surface area contributed by atoms with E-state index in [1.807, 2.05) is 6.92 Å². The first-order valence-corrected chi connectivity index (χ1v) is 4.88. The Morgan fingerprint density at radius 1 is 1.69 bits per heavy atom. The summed E-state index contributed by atoms with van der Waals surface area (Å²) in [7, 11) is 0. The highest BCUT2D eigenvalue weighted by Gasteiger charge is 2.34. The van der Waals surface area contributed by atoms with E-state index >= 15 is 0 Å². The van der Waals surface area contributed by atoms with Gasteiger partial charge in [-0.25, -0.2) is 0 Å². The molecular weight excluding hydrogens is 168 g/mol. The van der Waals surface area contributed by atoms with Gasteiger partial charge in [-0.15, -0.1) is 0 Å². The lowest BCUT2D eigenvalue weighted by Gasteiger charge is -2.21. The summed E-state index contributed by atoms with van der Waals surface area (Å²) in [5, 5.41) is 12.2. The van der Waals surface area contributed by atoms with Gasteiger partial charge in [-0.1, -0.05) is 13.3 Å². The van der Waals surface area contributed by atoms with Crippen LogP contribution in [0, 0.1) is 0 Å². The lowest BCUT2D eigenvalue weighted by Crippen LogP contribution is -2.54. The van der Waals surface area contributed by atoms with Crippen LogP contribution in [0.5, 0.6) is 0 Å². The summed E-state index contributed by atoms with van der Waals surface area (Å²) < 4.78 is 0. The average Bonchev–Trinajstić information content (AvgIpc) is 2.84. The van der Waals surface area contributed by atoms with E-state index in [9.17, 15) is 9.90 Å². The van der Waals surface area contributed by atoms with Crippen molar-refractivity contribution in [3.05, 3.63) is 0 Å². The zero-order valence-electron chi connectivity index (χ0n) is 8.05. The van der Waals surface area contributed by atoms with Crippen LogP contribution in [0.2, 0.25) is 0 Å². The van der Waals surface area contributed by atoms with Crippen molar-refractivity contribution in [2.24, 2.45) is 5.73 Å². The number of carbonyl (C=O) groups excluding carboxylic acids is 1. The molecule has 0 aromatic rings. The van der Waals surface area contributed by atoms with Crippen LogP contribution in [-0.4, -0.2) is 22.8 Å². The highest BCUT2D eigenvalue weighted by molar-refractivity contribution is 5.84. The number of nitrogens with one attached hydrogen (secondary N) is 1. The van der Waals surface area contributed by atoms with Crippen molar-refractivity contribution in [2.45, 2.75) is 50.8 Å². The van der Waals surface area contributed by atoms with E-state index < -0.39 is 11.6 Å². The van der Waals surface area contributed by atoms with Gasteiger partial charge in [-0.3, -0.25) is 10.5 Å². The van der Waals surface area contributed by atoms with Crippen molar-refractivity contribution in [1.29, 1.82) is 0 Å². The third-order valence-corrected chi connectivity index (χ3v) is 2.22. The van der Waals surface area contributed by atoms with E-state index in [1.165, 1.54) is 0 Å². The Morgan fingerprint density at radius 2 is 2.31 bits per heavy atom. The number of rotatable bonds is 5. The van der Waals surface area contributed by atoms with Crippen LogP contribution in [0.4, 0.5) is 0 Å². The first-order chi connectivity index (χ1) is 6.06. The third-order valence-electron chi connectivity index (χ3n) is 2.22. The topological polar surface area (TPSA) is 75.3 Å². The number of amides is 1. The summed E-state index contributed by atoms with van der Waals surface area (Å²) in [5.41, 5.74) is 3.80. The molecule has 1 unspecified atom stereocenters. The molecule has 1 fully saturated rings. The van der Waals surface area contributed by atoms with Gasteiger partial charge < -0.3 is 10.4 Å². The molecule has 4 N–H and O–H groups in total. The van der Waals surface area contributed by atoms with Crippen molar-refractivity contribution in [3.63, 3.8) is 0 Å². The Kier molecular flexibility index (Phi) is 3.27. The van der Waals surface area contributed by atoms with Crippen LogP contribution < -0.4 is 11.1 Å². The van der Waals surface area contributed by atoms with Gasteiger partial charge in [0.05, 0.1) is 0 Å². The molecule has 0 heterocycles. The maximum absolute atomic E-state index is 11.3. The van der Waals surface area contributed by atoms with Crippen molar-refractivity contribution in [1.82, 2.24) is 5.32 Å². The van der Waals surface area contributed by atoms with E-state index in [2.05, 4.69) is 5.32 Å². The number of aliphatic hydroxyl groups is 1. The molecule has 1 aliphatic rings. The zero-order chi connectivity index (χ0) is 9.90. The normalized spacial score (nSPS) is 20.8. The number of unbranched alkanes of at least 4 members (excludes halogenated alkanes) is 1. The van der Waals surface area contributed by atoms with Crippen molar-refractivity contribution >= 4 is 5.91 Å². The summed E-state index contributed by atoms with van der Waals surface area (Å²) in [6, 6.07) is 0.254. The van der Waals surface area contributed by atoms with Crippen molar-refractivity contribution in [3.8, 4) is 0 Å². The standard InChI is InChI=1S/C9H18N2O2/c1-2-3-6-9(10,13)8(12)11-7-4-5-7/h7,13H,2-6,10H2,1H3,(H,11,12). The Bertz CT molecular complexity index is 188. The second-order valence-electron chi connectivity index (χ2n) is 3.78. The van der Waals surface area contributed by atoms with Gasteiger partial charge in [0.15, 0.2) is 5.72 Å². The average molecular weight is 186 g/mol. The fraction of sp³-hybridized carbons (Fsp3) is 0.889. The minimum Gasteiger partial charge on any atom is -0.368 e. The van der Waals surface area contributed by atoms with Gasteiger partial charge in [0.2, 0.25) is 0 Å². The molecule has 1 amide bonds. The van der Waals surface area contributed by atoms with Gasteiger partial charge in [0.1, 0.15) is 0 Å². The van der Waals surface area contributed by atoms with Crippen LogP contribution in [-0.2, 0) is 4.79 Å². The highest BCUT2D eigenvalue weighted by Crippen LogP contribution is 2.20. The third kappa shape index (κ3) is 3.32. The molecule has 13 heavy (non-hydrogen) atoms. The van der Waals surface area contributed by atoms with E-state index in [0.717, 1.165) is 25.7 Å². The molecule has 76 valence electrons. The molecular formula is C9H18N2O2. The van der Waals surface area contributed by atoms with Crippen LogP contribution in [0.25, 0.3) is 0 Å². The summed E-state index contributed by atoms with van der Waals surface area (Å²) in [4.78, 5) is 11.3. The molecule has 0 aliphatic heterocycles. The fourth-order valence-electron chi connectivity index (χ4n) is 1.10. The SMILES string of the molecule is CCCCC(N)(O)C(=O)NC1CC1. The molecule has 4 heteroatoms. The molecule has 4 nitrogen and oxygen atoms in total. The van der Waals surface area contributed by atoms with E-state index in [-0.39, 0.29) is 6.04 Å². The Morgan fingerprint density at radius 3 is 2.77 bits per heavy atom. The number of hydrogen-bond donors (Lipinski definition) is 3. The molecule has 1 rings (SSSR count). The van der Waals surface area contributed by atoms with E-state index in [0.29, 0.717) is 6.42 Å². The van der Waals surface area contributed by atoms with Crippen molar-refractivity contribution in [2.75, 3.05) is 0 Å². The maximum Gasteiger partial charge on any atom is 0.267 e. The number of nitrogens with two attached hydrogens (primary N) is 1. The summed E-state index contributed by atoms with van der Waals surface area (Å²) in [6.45, 7) is 1.99. The predicted molar refractivity (Wildman–Crippen MR) is 49.8 cm³/mol. The molecule has 1 saturated carbocycles. The van der Waals surface area contributed by atoms with Crippen LogP contribution in [0.1, 0.15) is 39.0 Å². The quantitative estimate of drug-likeness (QED) is 0.533. The molecule has 1 atom stereocenters. The zero-order valence-corrected chi connectivity index (χ0v) is 8.05. The second-order valence-corrected chi connectivity index (χ2v) is 3.78. The molecule has 1 aliphatic carbocycles. The molecule has 0 bridgehead atoms. The summed E-state index contributed by atoms with van der Waals surface area (Å²) in [6.07, 6.45) is 4.05. The number of hydrogen-bond acceptors (Lipinski definition) is 3. The largest absolute Gasteiger partial charge is 0.368 e. The molecule has 0 saturated heterocycles. The number of carbonyl (C=O) groups is 1. The van der Waals surface area contributed by atoms with Gasteiger partial charge in [0, 0.05) is 6.04 Å². The van der Waals surface area contributed by atoms with Crippen LogP contribution in [0.3, 0.4) is 0 Å². The maximum atomic E-state index is 11.3. The van der Waals surface area contributed by atoms with E-state index in [4.69, 9.17) is 5.73 Å². The Hall–Kier alpha value is -0.610. The summed E-state index contributed by atoms with van der Waals surface area (Å²) in [5.74, 6) is -0.427. The Balaban J connectivity index is 2.31. The first-order valence-electron chi connectivity index (χ1n) is 4.88. The highest BCUT2D eigenvalue weighted by atomic mass is 16.3. The van der Waals surface area contributed by atoms with Crippen LogP contribution >= 0.6 is 0 Å². The molecule has 0 spiro atoms. The fourth-order valence-corrected chi connectivity index (χ4v) is 1.10. The van der Waals surface area contributed by atoms with E-state index in [1.54, 1.807) is 0 Å². The van der Waals surface area contributed by atoms with Gasteiger partial charge >= 0.3 is 0 Å². The second kappa shape index (κ2) is 4.07. The van der Waals surface area contributed by atoms with Crippen molar-refractivity contribution < 1.29 is 9.90 Å². The smallest absolute Gasteiger partial charge is 0.267 e. The minimum absolute atomic E-state index is 0.254. The first kappa shape index (κ1) is 10.5. The van der Waals surface area contributed by atoms with Gasteiger partial charge in [-0.2, -0.15) is 0 Å². The van der Waals surface area contributed by atoms with Crippen LogP contribution in [0.15, 0.2) is 0 Å². The molecule has 0 aromatic carbocycles. The van der Waals surface area contributed by atoms with Gasteiger partial charge in [0.25, 0.3) is 5.91 Å². The Labute approximate surface area is 78.5 Å². The summed E-state index contributed by atoms with van der Waals surface area (Å²) >= 11 is 0. The minimum atomic E-state index is -1.67.